The number of carbonyl (C=O) groups is 2. The first kappa shape index (κ1) is 31.4. The molecule has 1 heterocycles. The molecule has 1 aliphatic heterocycles. The Morgan fingerprint density at radius 2 is 1.32 bits per heavy atom. The number of nitrogens with zero attached hydrogens (tertiary/aromatic N) is 1. The van der Waals surface area contributed by atoms with Gasteiger partial charge in [0.15, 0.2) is 0 Å². The standard InChI is InChI=1S/C34H46FNO4/c1-3-4-5-6-7-8-9-10-11-12-13-14-15-18-25-36-31(28-19-16-17-20-29(28)35)30(33(38)34(36)39)32(37)26-21-23-27(40-2)24-22-26/h16-17,19-24,31,37H,3-15,18,25H2,1-2H3/b32-30-. The van der Waals surface area contributed by atoms with E-state index in [4.69, 9.17) is 4.74 Å². The van der Waals surface area contributed by atoms with Gasteiger partial charge < -0.3 is 14.7 Å². The third-order valence-electron chi connectivity index (χ3n) is 7.86. The van der Waals surface area contributed by atoms with Crippen LogP contribution in [0.5, 0.6) is 5.75 Å². The van der Waals surface area contributed by atoms with Crippen molar-refractivity contribution in [2.24, 2.45) is 0 Å². The Hall–Kier alpha value is -3.15. The van der Waals surface area contributed by atoms with Crippen LogP contribution < -0.4 is 4.74 Å². The molecule has 1 atom stereocenters. The van der Waals surface area contributed by atoms with E-state index < -0.39 is 23.5 Å². The molecule has 0 bridgehead atoms. The third kappa shape index (κ3) is 8.67. The highest BCUT2D eigenvalue weighted by molar-refractivity contribution is 6.46. The molecule has 218 valence electrons. The maximum Gasteiger partial charge on any atom is 0.295 e. The molecule has 0 aliphatic carbocycles. The summed E-state index contributed by atoms with van der Waals surface area (Å²) >= 11 is 0. The number of halogens is 1. The van der Waals surface area contributed by atoms with Crippen molar-refractivity contribution in [3.63, 3.8) is 0 Å². The van der Waals surface area contributed by atoms with Crippen LogP contribution in [0.4, 0.5) is 4.39 Å². The van der Waals surface area contributed by atoms with E-state index in [1.165, 1.54) is 82.3 Å². The number of ether oxygens (including phenoxy) is 1. The van der Waals surface area contributed by atoms with E-state index in [0.717, 1.165) is 25.7 Å². The molecule has 1 fully saturated rings. The summed E-state index contributed by atoms with van der Waals surface area (Å²) in [4.78, 5) is 27.7. The molecular formula is C34H46FNO4. The summed E-state index contributed by atoms with van der Waals surface area (Å²) in [6.45, 7) is 2.58. The minimum Gasteiger partial charge on any atom is -0.507 e. The fourth-order valence-electron chi connectivity index (χ4n) is 5.51. The number of Topliss-reactive ketones (excluding diaryl/α,β-unsaturated/α-hetero) is 1. The van der Waals surface area contributed by atoms with Crippen LogP contribution in [0.25, 0.3) is 5.76 Å². The second-order valence-electron chi connectivity index (χ2n) is 10.8. The Morgan fingerprint density at radius 3 is 1.85 bits per heavy atom. The number of methoxy groups -OCH3 is 1. The first-order valence-electron chi connectivity index (χ1n) is 15.2. The lowest BCUT2D eigenvalue weighted by Crippen LogP contribution is -2.31. The highest BCUT2D eigenvalue weighted by atomic mass is 19.1. The summed E-state index contributed by atoms with van der Waals surface area (Å²) in [5.41, 5.74) is 0.504. The summed E-state index contributed by atoms with van der Waals surface area (Å²) in [5, 5.41) is 11.1. The lowest BCUT2D eigenvalue weighted by atomic mass is 9.94. The van der Waals surface area contributed by atoms with Crippen LogP contribution in [0.15, 0.2) is 54.1 Å². The van der Waals surface area contributed by atoms with E-state index in [1.807, 2.05) is 0 Å². The van der Waals surface area contributed by atoms with Gasteiger partial charge in [-0.1, -0.05) is 109 Å². The third-order valence-corrected chi connectivity index (χ3v) is 7.86. The van der Waals surface area contributed by atoms with Crippen molar-refractivity contribution in [3.05, 3.63) is 71.0 Å². The van der Waals surface area contributed by atoms with Crippen molar-refractivity contribution >= 4 is 17.4 Å². The summed E-state index contributed by atoms with van der Waals surface area (Å²) in [7, 11) is 1.54. The number of likely N-dealkylation sites (tertiary alicyclic amines) is 1. The number of hydrogen-bond acceptors (Lipinski definition) is 4. The van der Waals surface area contributed by atoms with Crippen LogP contribution in [0.1, 0.15) is 114 Å². The zero-order chi connectivity index (χ0) is 28.7. The average molecular weight is 552 g/mol. The molecule has 0 aromatic heterocycles. The normalized spacial score (nSPS) is 16.6. The maximum atomic E-state index is 14.9. The molecule has 0 saturated carbocycles. The molecule has 6 heteroatoms. The Labute approximate surface area is 239 Å². The highest BCUT2D eigenvalue weighted by Crippen LogP contribution is 2.40. The number of ketones is 1. The first-order valence-corrected chi connectivity index (χ1v) is 15.2. The average Bonchev–Trinajstić information content (AvgIpc) is 3.22. The van der Waals surface area contributed by atoms with Crippen LogP contribution in [0.2, 0.25) is 0 Å². The van der Waals surface area contributed by atoms with Gasteiger partial charge in [0.25, 0.3) is 11.7 Å². The van der Waals surface area contributed by atoms with Crippen LogP contribution in [-0.2, 0) is 9.59 Å². The van der Waals surface area contributed by atoms with Gasteiger partial charge in [0.05, 0.1) is 18.7 Å². The van der Waals surface area contributed by atoms with E-state index >= 15 is 0 Å². The van der Waals surface area contributed by atoms with E-state index in [-0.39, 0.29) is 16.9 Å². The van der Waals surface area contributed by atoms with Crippen molar-refractivity contribution in [1.29, 1.82) is 0 Å². The van der Waals surface area contributed by atoms with Gasteiger partial charge in [0, 0.05) is 17.7 Å². The number of aliphatic hydroxyl groups excluding tert-OH is 1. The summed E-state index contributed by atoms with van der Waals surface area (Å²) in [6, 6.07) is 11.7. The second kappa shape index (κ2) is 16.8. The number of rotatable bonds is 18. The van der Waals surface area contributed by atoms with E-state index in [2.05, 4.69) is 6.92 Å². The van der Waals surface area contributed by atoms with Crippen LogP contribution in [-0.4, -0.2) is 35.4 Å². The van der Waals surface area contributed by atoms with Gasteiger partial charge in [0.1, 0.15) is 17.3 Å². The zero-order valence-electron chi connectivity index (χ0n) is 24.3. The minimum atomic E-state index is -0.967. The van der Waals surface area contributed by atoms with E-state index in [1.54, 1.807) is 42.5 Å². The fraction of sp³-hybridized carbons (Fsp3) is 0.529. The van der Waals surface area contributed by atoms with Crippen LogP contribution in [0.3, 0.4) is 0 Å². The summed E-state index contributed by atoms with van der Waals surface area (Å²) < 4.78 is 20.1. The monoisotopic (exact) mass is 551 g/mol. The van der Waals surface area contributed by atoms with Gasteiger partial charge in [-0.3, -0.25) is 9.59 Å². The predicted molar refractivity (Wildman–Crippen MR) is 159 cm³/mol. The van der Waals surface area contributed by atoms with Crippen molar-refractivity contribution in [2.75, 3.05) is 13.7 Å². The van der Waals surface area contributed by atoms with Crippen molar-refractivity contribution in [3.8, 4) is 5.75 Å². The lowest BCUT2D eigenvalue weighted by Gasteiger charge is -2.25. The van der Waals surface area contributed by atoms with Crippen LogP contribution in [0, 0.1) is 5.82 Å². The molecular weight excluding hydrogens is 505 g/mol. The molecule has 2 aromatic rings. The molecule has 0 spiro atoms. The number of benzene rings is 2. The van der Waals surface area contributed by atoms with Gasteiger partial charge in [-0.05, 0) is 36.8 Å². The number of unbranched alkanes of at least 4 members (excludes halogenated alkanes) is 13. The minimum absolute atomic E-state index is 0.0781. The van der Waals surface area contributed by atoms with Crippen molar-refractivity contribution < 1.29 is 23.8 Å². The molecule has 1 aliphatic rings. The maximum absolute atomic E-state index is 14.9. The molecule has 1 N–H and O–H groups in total. The highest BCUT2D eigenvalue weighted by Gasteiger charge is 2.46. The largest absolute Gasteiger partial charge is 0.507 e. The topological polar surface area (TPSA) is 66.8 Å². The van der Waals surface area contributed by atoms with Crippen molar-refractivity contribution in [2.45, 2.75) is 103 Å². The first-order chi connectivity index (χ1) is 19.5. The Morgan fingerprint density at radius 1 is 0.800 bits per heavy atom. The summed E-state index contributed by atoms with van der Waals surface area (Å²) in [6.07, 6.45) is 17.1. The van der Waals surface area contributed by atoms with Gasteiger partial charge in [-0.25, -0.2) is 4.39 Å². The van der Waals surface area contributed by atoms with E-state index in [0.29, 0.717) is 17.9 Å². The number of amides is 1. The Balaban J connectivity index is 1.55. The van der Waals surface area contributed by atoms with E-state index in [9.17, 15) is 19.1 Å². The molecule has 3 rings (SSSR count). The van der Waals surface area contributed by atoms with Crippen LogP contribution >= 0.6 is 0 Å². The smallest absolute Gasteiger partial charge is 0.295 e. The SMILES string of the molecule is CCCCCCCCCCCCCCCCN1C(=O)C(=O)/C(=C(\O)c2ccc(OC)cc2)C1c1ccccc1F. The molecule has 1 unspecified atom stereocenters. The van der Waals surface area contributed by atoms with Gasteiger partial charge >= 0.3 is 0 Å². The van der Waals surface area contributed by atoms with Gasteiger partial charge in [-0.15, -0.1) is 0 Å². The molecule has 1 amide bonds. The molecule has 5 nitrogen and oxygen atoms in total. The summed E-state index contributed by atoms with van der Waals surface area (Å²) in [5.74, 6) is -1.70. The zero-order valence-corrected chi connectivity index (χ0v) is 24.3. The fourth-order valence-corrected chi connectivity index (χ4v) is 5.51. The lowest BCUT2D eigenvalue weighted by molar-refractivity contribution is -0.140. The molecule has 40 heavy (non-hydrogen) atoms. The quantitative estimate of drug-likeness (QED) is 0.0870. The Kier molecular flexibility index (Phi) is 13.2. The number of hydrogen-bond donors (Lipinski definition) is 1. The predicted octanol–water partition coefficient (Wildman–Crippen LogP) is 8.74. The van der Waals surface area contributed by atoms with Gasteiger partial charge in [-0.2, -0.15) is 0 Å². The molecule has 0 radical (unpaired) electrons. The molecule has 1 saturated heterocycles. The number of carbonyl (C=O) groups excluding carboxylic acids is 2. The van der Waals surface area contributed by atoms with Crippen molar-refractivity contribution in [1.82, 2.24) is 4.90 Å². The second-order valence-corrected chi connectivity index (χ2v) is 10.8. The number of aliphatic hydroxyl groups is 1. The van der Waals surface area contributed by atoms with Gasteiger partial charge in [0.2, 0.25) is 0 Å². The molecule has 2 aromatic carbocycles. The Bertz CT molecular complexity index is 1110.